The van der Waals surface area contributed by atoms with Crippen molar-refractivity contribution in [2.45, 2.75) is 43.8 Å². The number of nitrogens with zero attached hydrogens (tertiary/aromatic N) is 1. The summed E-state index contributed by atoms with van der Waals surface area (Å²) in [5.74, 6) is -0.326. The van der Waals surface area contributed by atoms with Crippen molar-refractivity contribution in [2.24, 2.45) is 0 Å². The van der Waals surface area contributed by atoms with E-state index < -0.39 is 0 Å². The summed E-state index contributed by atoms with van der Waals surface area (Å²) in [7, 11) is 2.18. The van der Waals surface area contributed by atoms with E-state index in [-0.39, 0.29) is 17.7 Å². The summed E-state index contributed by atoms with van der Waals surface area (Å²) in [6.07, 6.45) is 4.36. The number of nitrogens with one attached hydrogen (secondary N) is 2. The van der Waals surface area contributed by atoms with Crippen molar-refractivity contribution in [1.29, 1.82) is 5.41 Å². The molecule has 2 aromatic rings. The minimum Gasteiger partial charge on any atom is -0.398 e. The van der Waals surface area contributed by atoms with Crippen LogP contribution in [0, 0.1) is 5.41 Å². The van der Waals surface area contributed by atoms with Crippen LogP contribution in [0.4, 0.5) is 5.69 Å². The quantitative estimate of drug-likeness (QED) is 0.573. The minimum absolute atomic E-state index is 0.0501. The van der Waals surface area contributed by atoms with Crippen molar-refractivity contribution >= 4 is 28.6 Å². The summed E-state index contributed by atoms with van der Waals surface area (Å²) in [4.78, 5) is 15.1. The number of hydrogen-bond acceptors (Lipinski definition) is 5. The first kappa shape index (κ1) is 17.2. The lowest BCUT2D eigenvalue weighted by molar-refractivity contribution is -0.115. The van der Waals surface area contributed by atoms with Crippen LogP contribution in [0.5, 0.6) is 0 Å². The Balaban J connectivity index is 1.49. The van der Waals surface area contributed by atoms with E-state index in [0.29, 0.717) is 23.3 Å². The molecule has 0 aliphatic carbocycles. The molecule has 5 nitrogen and oxygen atoms in total. The van der Waals surface area contributed by atoms with Crippen molar-refractivity contribution in [1.82, 2.24) is 10.2 Å². The average Bonchev–Trinajstić information content (AvgIpc) is 3.22. The van der Waals surface area contributed by atoms with Gasteiger partial charge in [0.2, 0.25) is 0 Å². The van der Waals surface area contributed by atoms with Gasteiger partial charge in [0.25, 0.3) is 5.91 Å². The molecular formula is C20H24N4OS. The Morgan fingerprint density at radius 1 is 1.23 bits per heavy atom. The van der Waals surface area contributed by atoms with Crippen molar-refractivity contribution in [3.05, 3.63) is 40.6 Å². The third-order valence-corrected chi connectivity index (χ3v) is 6.52. The van der Waals surface area contributed by atoms with Gasteiger partial charge in [-0.05, 0) is 72.8 Å². The van der Waals surface area contributed by atoms with E-state index in [1.54, 1.807) is 17.4 Å². The van der Waals surface area contributed by atoms with Gasteiger partial charge in [0.15, 0.2) is 0 Å². The Morgan fingerprint density at radius 2 is 1.96 bits per heavy atom. The van der Waals surface area contributed by atoms with Crippen LogP contribution in [0.1, 0.15) is 31.2 Å². The molecule has 3 heterocycles. The summed E-state index contributed by atoms with van der Waals surface area (Å²) in [6, 6.07) is 8.84. The van der Waals surface area contributed by atoms with E-state index in [1.807, 2.05) is 29.0 Å². The highest BCUT2D eigenvalue weighted by Gasteiger charge is 2.39. The highest BCUT2D eigenvalue weighted by molar-refractivity contribution is 7.08. The third kappa shape index (κ3) is 3.15. The van der Waals surface area contributed by atoms with Gasteiger partial charge in [0.1, 0.15) is 5.71 Å². The first-order valence-corrected chi connectivity index (χ1v) is 10.0. The number of benzene rings is 1. The van der Waals surface area contributed by atoms with Gasteiger partial charge in [-0.3, -0.25) is 10.2 Å². The fourth-order valence-electron chi connectivity index (χ4n) is 4.29. The van der Waals surface area contributed by atoms with Gasteiger partial charge in [0, 0.05) is 29.4 Å². The fourth-order valence-corrected chi connectivity index (χ4v) is 4.96. The maximum atomic E-state index is 12.7. The fraction of sp³-hybridized carbons (Fsp3) is 0.400. The van der Waals surface area contributed by atoms with E-state index in [2.05, 4.69) is 17.3 Å². The monoisotopic (exact) mass is 368 g/mol. The number of amides is 1. The van der Waals surface area contributed by atoms with Crippen molar-refractivity contribution in [3.8, 4) is 11.1 Å². The Kier molecular flexibility index (Phi) is 4.54. The molecule has 2 bridgehead atoms. The first-order chi connectivity index (χ1) is 12.5. The van der Waals surface area contributed by atoms with Crippen LogP contribution in [0.25, 0.3) is 11.1 Å². The van der Waals surface area contributed by atoms with Crippen LogP contribution < -0.4 is 11.1 Å². The molecule has 1 aromatic carbocycles. The summed E-state index contributed by atoms with van der Waals surface area (Å²) in [6.45, 7) is 0. The van der Waals surface area contributed by atoms with Gasteiger partial charge in [-0.25, -0.2) is 0 Å². The molecule has 0 radical (unpaired) electrons. The normalized spacial score (nSPS) is 25.2. The topological polar surface area (TPSA) is 82.2 Å². The molecule has 2 aliphatic heterocycles. The van der Waals surface area contributed by atoms with Crippen LogP contribution >= 0.6 is 11.3 Å². The number of nitrogen functional groups attached to an aromatic ring is 1. The Morgan fingerprint density at radius 3 is 2.62 bits per heavy atom. The number of fused-ring (bicyclic) bond motifs is 2. The lowest BCUT2D eigenvalue weighted by Gasteiger charge is -2.36. The Labute approximate surface area is 157 Å². The lowest BCUT2D eigenvalue weighted by atomic mass is 9.96. The maximum absolute atomic E-state index is 12.7. The molecule has 2 atom stereocenters. The SMILES string of the molecule is CN1C2CCC1CC(NC(=O)C(=N)c1cc(-c3ccsc3)ccc1N)C2. The molecule has 0 spiro atoms. The van der Waals surface area contributed by atoms with E-state index in [1.165, 1.54) is 12.8 Å². The molecule has 2 fully saturated rings. The highest BCUT2D eigenvalue weighted by atomic mass is 32.1. The molecule has 4 N–H and O–H groups in total. The van der Waals surface area contributed by atoms with Crippen LogP contribution in [-0.2, 0) is 4.79 Å². The van der Waals surface area contributed by atoms with Crippen molar-refractivity contribution < 1.29 is 4.79 Å². The average molecular weight is 369 g/mol. The van der Waals surface area contributed by atoms with Gasteiger partial charge in [-0.1, -0.05) is 6.07 Å². The number of piperidine rings is 1. The predicted molar refractivity (Wildman–Crippen MR) is 107 cm³/mol. The van der Waals surface area contributed by atoms with E-state index in [0.717, 1.165) is 24.0 Å². The van der Waals surface area contributed by atoms with Crippen LogP contribution in [0.15, 0.2) is 35.0 Å². The molecule has 1 amide bonds. The van der Waals surface area contributed by atoms with Crippen molar-refractivity contribution in [3.63, 3.8) is 0 Å². The number of nitrogens with two attached hydrogens (primary N) is 1. The summed E-state index contributed by atoms with van der Waals surface area (Å²) in [5.41, 5.74) is 9.04. The van der Waals surface area contributed by atoms with Gasteiger partial charge in [-0.2, -0.15) is 11.3 Å². The molecular weight excluding hydrogens is 344 g/mol. The Bertz CT molecular complexity index is 818. The van der Waals surface area contributed by atoms with Gasteiger partial charge < -0.3 is 16.0 Å². The predicted octanol–water partition coefficient (Wildman–Crippen LogP) is 3.11. The minimum atomic E-state index is -0.326. The van der Waals surface area contributed by atoms with Crippen LogP contribution in [0.2, 0.25) is 0 Å². The number of carbonyl (C=O) groups excluding carboxylic acids is 1. The second-order valence-corrected chi connectivity index (χ2v) is 8.16. The molecule has 2 unspecified atom stereocenters. The van der Waals surface area contributed by atoms with Gasteiger partial charge in [-0.15, -0.1) is 0 Å². The summed E-state index contributed by atoms with van der Waals surface area (Å²) < 4.78 is 0. The van der Waals surface area contributed by atoms with Gasteiger partial charge >= 0.3 is 0 Å². The van der Waals surface area contributed by atoms with E-state index in [4.69, 9.17) is 11.1 Å². The molecule has 0 saturated carbocycles. The zero-order valence-electron chi connectivity index (χ0n) is 14.9. The zero-order chi connectivity index (χ0) is 18.3. The first-order valence-electron chi connectivity index (χ1n) is 9.06. The second kappa shape index (κ2) is 6.85. The second-order valence-electron chi connectivity index (χ2n) is 7.38. The molecule has 4 rings (SSSR count). The highest BCUT2D eigenvalue weighted by Crippen LogP contribution is 2.34. The number of hydrogen-bond donors (Lipinski definition) is 3. The molecule has 2 saturated heterocycles. The number of rotatable bonds is 4. The lowest BCUT2D eigenvalue weighted by Crippen LogP contribution is -2.50. The standard InChI is InChI=1S/C20H24N4OS/c1-24-15-3-4-16(24)10-14(9-15)23-20(25)19(22)17-8-12(2-5-18(17)21)13-6-7-26-11-13/h2,5-8,11,14-16,22H,3-4,9-10,21H2,1H3,(H,23,25). The molecule has 136 valence electrons. The maximum Gasteiger partial charge on any atom is 0.270 e. The third-order valence-electron chi connectivity index (χ3n) is 5.84. The van der Waals surface area contributed by atoms with Crippen LogP contribution in [-0.4, -0.2) is 41.7 Å². The smallest absolute Gasteiger partial charge is 0.270 e. The van der Waals surface area contributed by atoms with Gasteiger partial charge in [0.05, 0.1) is 0 Å². The molecule has 1 aromatic heterocycles. The number of carbonyl (C=O) groups is 1. The van der Waals surface area contributed by atoms with E-state index in [9.17, 15) is 4.79 Å². The number of anilines is 1. The molecule has 2 aliphatic rings. The summed E-state index contributed by atoms with van der Waals surface area (Å²) >= 11 is 1.62. The van der Waals surface area contributed by atoms with Crippen molar-refractivity contribution in [2.75, 3.05) is 12.8 Å². The Hall–Kier alpha value is -2.18. The van der Waals surface area contributed by atoms with E-state index >= 15 is 0 Å². The number of thiophene rings is 1. The van der Waals surface area contributed by atoms with Crippen LogP contribution in [0.3, 0.4) is 0 Å². The zero-order valence-corrected chi connectivity index (χ0v) is 15.7. The molecule has 6 heteroatoms. The summed E-state index contributed by atoms with van der Waals surface area (Å²) in [5, 5.41) is 15.5. The largest absolute Gasteiger partial charge is 0.398 e. The molecule has 26 heavy (non-hydrogen) atoms.